The highest BCUT2D eigenvalue weighted by Crippen LogP contribution is 2.34. The molecule has 2 aromatic rings. The molecule has 7 nitrogen and oxygen atoms in total. The van der Waals surface area contributed by atoms with Crippen molar-refractivity contribution >= 4 is 11.9 Å². The molecular formula is C19H17F5N6O. The molecule has 3 heterocycles. The summed E-state index contributed by atoms with van der Waals surface area (Å²) in [5, 5.41) is 3.15. The van der Waals surface area contributed by atoms with Gasteiger partial charge in [-0.2, -0.15) is 13.2 Å². The highest BCUT2D eigenvalue weighted by molar-refractivity contribution is 5.95. The van der Waals surface area contributed by atoms with Crippen molar-refractivity contribution in [1.82, 2.24) is 25.4 Å². The number of hydrogen-bond acceptors (Lipinski definition) is 6. The SMILES string of the molecule is CC1CC2=C(CN1C(=O)c1cc(C(F)(F)F)ccc1F)NN(C)N2c1ncc(F)cn1. The summed E-state index contributed by atoms with van der Waals surface area (Å²) in [6.45, 7) is 1.71. The van der Waals surface area contributed by atoms with Crippen LogP contribution < -0.4 is 10.4 Å². The lowest BCUT2D eigenvalue weighted by atomic mass is 10.0. The number of benzene rings is 1. The second-order valence-electron chi connectivity index (χ2n) is 7.25. The quantitative estimate of drug-likeness (QED) is 0.725. The van der Waals surface area contributed by atoms with Crippen LogP contribution in [0.3, 0.4) is 0 Å². The molecule has 164 valence electrons. The van der Waals surface area contributed by atoms with Gasteiger partial charge in [-0.1, -0.05) is 0 Å². The van der Waals surface area contributed by atoms with Gasteiger partial charge in [-0.05, 0) is 25.1 Å². The van der Waals surface area contributed by atoms with Crippen molar-refractivity contribution in [3.63, 3.8) is 0 Å². The van der Waals surface area contributed by atoms with Gasteiger partial charge in [-0.3, -0.25) is 4.79 Å². The predicted molar refractivity (Wildman–Crippen MR) is 98.9 cm³/mol. The maximum atomic E-state index is 14.2. The lowest BCUT2D eigenvalue weighted by Crippen LogP contribution is -2.45. The molecule has 1 aromatic heterocycles. The zero-order valence-corrected chi connectivity index (χ0v) is 16.4. The summed E-state index contributed by atoms with van der Waals surface area (Å²) >= 11 is 0. The van der Waals surface area contributed by atoms with E-state index in [-0.39, 0.29) is 12.5 Å². The van der Waals surface area contributed by atoms with Crippen molar-refractivity contribution in [3.8, 4) is 0 Å². The van der Waals surface area contributed by atoms with Crippen LogP contribution in [-0.2, 0) is 6.18 Å². The van der Waals surface area contributed by atoms with Gasteiger partial charge in [0.15, 0.2) is 5.82 Å². The minimum absolute atomic E-state index is 0.00700. The molecule has 0 saturated heterocycles. The van der Waals surface area contributed by atoms with E-state index in [9.17, 15) is 26.7 Å². The van der Waals surface area contributed by atoms with Crippen molar-refractivity contribution in [3.05, 3.63) is 64.7 Å². The Labute approximate surface area is 173 Å². The Morgan fingerprint density at radius 3 is 2.52 bits per heavy atom. The Morgan fingerprint density at radius 2 is 1.87 bits per heavy atom. The summed E-state index contributed by atoms with van der Waals surface area (Å²) < 4.78 is 66.5. The van der Waals surface area contributed by atoms with Crippen LogP contribution in [0.2, 0.25) is 0 Å². The lowest BCUT2D eigenvalue weighted by molar-refractivity contribution is -0.137. The third-order valence-corrected chi connectivity index (χ3v) is 5.13. The van der Waals surface area contributed by atoms with E-state index in [0.29, 0.717) is 30.3 Å². The Balaban J connectivity index is 1.63. The molecule has 0 radical (unpaired) electrons. The van der Waals surface area contributed by atoms with Crippen LogP contribution in [-0.4, -0.2) is 45.5 Å². The molecule has 1 N–H and O–H groups in total. The zero-order valence-electron chi connectivity index (χ0n) is 16.4. The van der Waals surface area contributed by atoms with Crippen LogP contribution in [0.5, 0.6) is 0 Å². The van der Waals surface area contributed by atoms with Crippen LogP contribution >= 0.6 is 0 Å². The molecule has 0 fully saturated rings. The van der Waals surface area contributed by atoms with E-state index < -0.39 is 40.9 Å². The molecule has 0 saturated carbocycles. The monoisotopic (exact) mass is 440 g/mol. The second-order valence-corrected chi connectivity index (χ2v) is 7.25. The highest BCUT2D eigenvalue weighted by Gasteiger charge is 2.39. The molecule has 31 heavy (non-hydrogen) atoms. The third kappa shape index (κ3) is 3.78. The van der Waals surface area contributed by atoms with E-state index in [1.165, 1.54) is 4.90 Å². The summed E-state index contributed by atoms with van der Waals surface area (Å²) in [5.74, 6) is -2.26. The second kappa shape index (κ2) is 7.45. The molecule has 4 rings (SSSR count). The maximum absolute atomic E-state index is 14.2. The van der Waals surface area contributed by atoms with Crippen molar-refractivity contribution in [2.45, 2.75) is 25.6 Å². The van der Waals surface area contributed by atoms with Crippen molar-refractivity contribution in [2.24, 2.45) is 0 Å². The minimum Gasteiger partial charge on any atom is -0.330 e. The molecule has 12 heteroatoms. The van der Waals surface area contributed by atoms with Gasteiger partial charge < -0.3 is 10.3 Å². The molecule has 1 amide bonds. The minimum atomic E-state index is -4.70. The van der Waals surface area contributed by atoms with Gasteiger partial charge in [0.05, 0.1) is 41.5 Å². The topological polar surface area (TPSA) is 64.6 Å². The third-order valence-electron chi connectivity index (χ3n) is 5.13. The number of halogens is 5. The molecule has 2 aliphatic rings. The van der Waals surface area contributed by atoms with Gasteiger partial charge in [-0.25, -0.2) is 23.8 Å². The van der Waals surface area contributed by atoms with Crippen LogP contribution in [0.15, 0.2) is 42.0 Å². The van der Waals surface area contributed by atoms with E-state index in [1.807, 2.05) is 0 Å². The first-order valence-electron chi connectivity index (χ1n) is 9.24. The van der Waals surface area contributed by atoms with E-state index in [0.717, 1.165) is 18.1 Å². The average Bonchev–Trinajstić information content (AvgIpc) is 3.01. The number of nitrogens with zero attached hydrogens (tertiary/aromatic N) is 5. The van der Waals surface area contributed by atoms with Crippen LogP contribution in [0.25, 0.3) is 0 Å². The smallest absolute Gasteiger partial charge is 0.330 e. The number of nitrogens with one attached hydrogen (secondary N) is 1. The first-order chi connectivity index (χ1) is 14.6. The Morgan fingerprint density at radius 1 is 1.19 bits per heavy atom. The predicted octanol–water partition coefficient (Wildman–Crippen LogP) is 3.09. The fourth-order valence-corrected chi connectivity index (χ4v) is 3.63. The van der Waals surface area contributed by atoms with E-state index in [2.05, 4.69) is 15.4 Å². The molecule has 0 bridgehead atoms. The number of carbonyl (C=O) groups excluding carboxylic acids is 1. The average molecular weight is 440 g/mol. The Bertz CT molecular complexity index is 1050. The van der Waals surface area contributed by atoms with Crippen molar-refractivity contribution < 1.29 is 26.7 Å². The van der Waals surface area contributed by atoms with Gasteiger partial charge in [0.2, 0.25) is 5.95 Å². The molecule has 1 aromatic carbocycles. The number of amides is 1. The number of hydrazine groups is 2. The standard InChI is InChI=1S/C19H17F5N6O/c1-10-5-16-15(27-28(2)30(16)18-25-7-12(20)8-26-18)9-29(10)17(31)13-6-11(19(22,23)24)3-4-14(13)21/h3-4,6-8,10,27H,5,9H2,1-2H3. The number of carbonyl (C=O) groups is 1. The van der Waals surface area contributed by atoms with E-state index in [1.54, 1.807) is 24.1 Å². The van der Waals surface area contributed by atoms with E-state index in [4.69, 9.17) is 0 Å². The molecule has 1 atom stereocenters. The first kappa shape index (κ1) is 21.0. The van der Waals surface area contributed by atoms with Crippen molar-refractivity contribution in [2.75, 3.05) is 18.6 Å². The number of anilines is 1. The highest BCUT2D eigenvalue weighted by atomic mass is 19.4. The fraction of sp³-hybridized carbons (Fsp3) is 0.316. The lowest BCUT2D eigenvalue weighted by Gasteiger charge is -2.35. The summed E-state index contributed by atoms with van der Waals surface area (Å²) in [7, 11) is 1.66. The summed E-state index contributed by atoms with van der Waals surface area (Å²) in [5.41, 5.74) is 2.58. The van der Waals surface area contributed by atoms with Gasteiger partial charge in [0.25, 0.3) is 5.91 Å². The number of rotatable bonds is 2. The first-order valence-corrected chi connectivity index (χ1v) is 9.24. The number of aromatic nitrogens is 2. The van der Waals surface area contributed by atoms with Crippen LogP contribution in [0.4, 0.5) is 27.9 Å². The van der Waals surface area contributed by atoms with Gasteiger partial charge in [-0.15, -0.1) is 5.12 Å². The fourth-order valence-electron chi connectivity index (χ4n) is 3.63. The normalized spacial score (nSPS) is 19.5. The van der Waals surface area contributed by atoms with Crippen molar-refractivity contribution in [1.29, 1.82) is 0 Å². The van der Waals surface area contributed by atoms with E-state index >= 15 is 0 Å². The summed E-state index contributed by atoms with van der Waals surface area (Å²) in [6.07, 6.45) is -2.36. The molecule has 1 unspecified atom stereocenters. The largest absolute Gasteiger partial charge is 0.416 e. The number of hydrogen-bond donors (Lipinski definition) is 1. The van der Waals surface area contributed by atoms with Gasteiger partial charge in [0.1, 0.15) is 5.82 Å². The van der Waals surface area contributed by atoms with Gasteiger partial charge >= 0.3 is 6.18 Å². The number of alkyl halides is 3. The Hall–Kier alpha value is -3.28. The molecular weight excluding hydrogens is 423 g/mol. The van der Waals surface area contributed by atoms with Gasteiger partial charge in [0, 0.05) is 19.5 Å². The molecule has 2 aliphatic heterocycles. The molecule has 0 aliphatic carbocycles. The summed E-state index contributed by atoms with van der Waals surface area (Å²) in [4.78, 5) is 22.2. The Kier molecular flexibility index (Phi) is 5.04. The maximum Gasteiger partial charge on any atom is 0.416 e. The molecule has 0 spiro atoms. The summed E-state index contributed by atoms with van der Waals surface area (Å²) in [6, 6.07) is 1.31. The van der Waals surface area contributed by atoms with Crippen LogP contribution in [0, 0.1) is 11.6 Å². The zero-order chi connectivity index (χ0) is 22.5. The van der Waals surface area contributed by atoms with Crippen LogP contribution in [0.1, 0.15) is 29.3 Å².